The zero-order chi connectivity index (χ0) is 13.5. The summed E-state index contributed by atoms with van der Waals surface area (Å²) in [7, 11) is 4.28. The van der Waals surface area contributed by atoms with E-state index in [2.05, 4.69) is 75.7 Å². The molecule has 0 N–H and O–H groups in total. The number of rotatable bonds is 3. The van der Waals surface area contributed by atoms with Crippen molar-refractivity contribution in [2.45, 2.75) is 39.8 Å². The molecule has 2 rings (SSSR count). The van der Waals surface area contributed by atoms with Gasteiger partial charge in [-0.15, -0.1) is 0 Å². The van der Waals surface area contributed by atoms with Crippen LogP contribution in [0.1, 0.15) is 25.0 Å². The summed E-state index contributed by atoms with van der Waals surface area (Å²) in [4.78, 5) is 2.28. The molecule has 0 atom stereocenters. The summed E-state index contributed by atoms with van der Waals surface area (Å²) in [6, 6.07) is 6.70. The van der Waals surface area contributed by atoms with E-state index in [1.54, 1.807) is 0 Å². The van der Waals surface area contributed by atoms with Crippen molar-refractivity contribution in [2.24, 2.45) is 0 Å². The first-order valence-electron chi connectivity index (χ1n) is 6.55. The third kappa shape index (κ3) is 2.17. The van der Waals surface area contributed by atoms with Gasteiger partial charge in [0.05, 0.1) is 0 Å². The number of benzene rings is 1. The molecule has 1 aromatic carbocycles. The Hall–Kier alpha value is -1.28. The van der Waals surface area contributed by atoms with E-state index in [4.69, 9.17) is 0 Å². The number of fused-ring (bicyclic) bond motifs is 1. The topological polar surface area (TPSA) is 8.17 Å². The molecule has 2 heteroatoms. The molecule has 0 bridgehead atoms. The lowest BCUT2D eigenvalue weighted by atomic mass is 10.0. The number of likely N-dealkylation sites (N-methyl/N-ethyl adjacent to an activating group) is 1. The standard InChI is InChI=1S/C16H24N2/c1-12-7-8-15-14(13(12)2)9-10-18(15)11-16(3,4)17(5)6/h7-10H,11H2,1-6H3. The van der Waals surface area contributed by atoms with Crippen LogP contribution < -0.4 is 0 Å². The molecule has 0 aliphatic heterocycles. The van der Waals surface area contributed by atoms with Crippen LogP contribution in [-0.2, 0) is 6.54 Å². The Kier molecular flexibility index (Phi) is 3.24. The molecule has 0 aliphatic carbocycles. The summed E-state index contributed by atoms with van der Waals surface area (Å²) < 4.78 is 2.36. The van der Waals surface area contributed by atoms with Gasteiger partial charge in [-0.1, -0.05) is 6.07 Å². The second-order valence-corrected chi connectivity index (χ2v) is 6.09. The Morgan fingerprint density at radius 1 is 1.11 bits per heavy atom. The molecule has 98 valence electrons. The van der Waals surface area contributed by atoms with E-state index >= 15 is 0 Å². The summed E-state index contributed by atoms with van der Waals surface area (Å²) in [5.41, 5.74) is 4.26. The third-order valence-electron chi connectivity index (χ3n) is 4.26. The van der Waals surface area contributed by atoms with Crippen LogP contribution in [0.3, 0.4) is 0 Å². The fourth-order valence-corrected chi connectivity index (χ4v) is 2.23. The van der Waals surface area contributed by atoms with E-state index in [-0.39, 0.29) is 5.54 Å². The molecular weight excluding hydrogens is 220 g/mol. The van der Waals surface area contributed by atoms with E-state index in [0.29, 0.717) is 0 Å². The first-order chi connectivity index (χ1) is 8.33. The maximum Gasteiger partial charge on any atom is 0.0483 e. The number of aromatic nitrogens is 1. The second kappa shape index (κ2) is 4.43. The van der Waals surface area contributed by atoms with Crippen molar-refractivity contribution in [1.82, 2.24) is 9.47 Å². The van der Waals surface area contributed by atoms with Gasteiger partial charge in [0.25, 0.3) is 0 Å². The molecule has 2 nitrogen and oxygen atoms in total. The molecule has 0 saturated carbocycles. The molecule has 0 aliphatic rings. The van der Waals surface area contributed by atoms with Gasteiger partial charge < -0.3 is 9.47 Å². The maximum absolute atomic E-state index is 2.36. The van der Waals surface area contributed by atoms with E-state index in [9.17, 15) is 0 Å². The summed E-state index contributed by atoms with van der Waals surface area (Å²) >= 11 is 0. The second-order valence-electron chi connectivity index (χ2n) is 6.09. The van der Waals surface area contributed by atoms with E-state index < -0.39 is 0 Å². The number of nitrogens with zero attached hydrogens (tertiary/aromatic N) is 2. The fraction of sp³-hybridized carbons (Fsp3) is 0.500. The zero-order valence-corrected chi connectivity index (χ0v) is 12.4. The molecular formula is C16H24N2. The van der Waals surface area contributed by atoms with Crippen LogP contribution in [0.4, 0.5) is 0 Å². The smallest absolute Gasteiger partial charge is 0.0483 e. The Morgan fingerprint density at radius 3 is 2.39 bits per heavy atom. The van der Waals surface area contributed by atoms with E-state index in [1.807, 2.05) is 0 Å². The van der Waals surface area contributed by atoms with Crippen LogP contribution in [0.25, 0.3) is 10.9 Å². The van der Waals surface area contributed by atoms with Gasteiger partial charge in [-0.05, 0) is 65.0 Å². The molecule has 1 aromatic heterocycles. The van der Waals surface area contributed by atoms with Crippen molar-refractivity contribution >= 4 is 10.9 Å². The van der Waals surface area contributed by atoms with Crippen molar-refractivity contribution in [3.8, 4) is 0 Å². The van der Waals surface area contributed by atoms with Crippen molar-refractivity contribution in [1.29, 1.82) is 0 Å². The lowest BCUT2D eigenvalue weighted by Gasteiger charge is -2.33. The fourth-order valence-electron chi connectivity index (χ4n) is 2.23. The molecule has 1 heterocycles. The highest BCUT2D eigenvalue weighted by Gasteiger charge is 2.21. The minimum Gasteiger partial charge on any atom is -0.346 e. The molecule has 0 amide bonds. The predicted octanol–water partition coefficient (Wildman–Crippen LogP) is 3.60. The average Bonchev–Trinajstić information content (AvgIpc) is 2.67. The summed E-state index contributed by atoms with van der Waals surface area (Å²) in [6.45, 7) is 9.95. The quantitative estimate of drug-likeness (QED) is 0.801. The largest absolute Gasteiger partial charge is 0.346 e. The molecule has 0 unspecified atom stereocenters. The monoisotopic (exact) mass is 244 g/mol. The van der Waals surface area contributed by atoms with Gasteiger partial charge in [0.2, 0.25) is 0 Å². The van der Waals surface area contributed by atoms with Crippen molar-refractivity contribution in [3.05, 3.63) is 35.5 Å². The molecule has 18 heavy (non-hydrogen) atoms. The lowest BCUT2D eigenvalue weighted by molar-refractivity contribution is 0.171. The first kappa shape index (κ1) is 13.2. The first-order valence-corrected chi connectivity index (χ1v) is 6.55. The van der Waals surface area contributed by atoms with Gasteiger partial charge in [0, 0.05) is 29.2 Å². The molecule has 0 radical (unpaired) electrons. The number of hydrogen-bond acceptors (Lipinski definition) is 1. The van der Waals surface area contributed by atoms with Crippen LogP contribution in [0.2, 0.25) is 0 Å². The average molecular weight is 244 g/mol. The SMILES string of the molecule is Cc1ccc2c(ccn2CC(C)(C)N(C)C)c1C. The van der Waals surface area contributed by atoms with Gasteiger partial charge in [-0.3, -0.25) is 0 Å². The van der Waals surface area contributed by atoms with Crippen LogP contribution >= 0.6 is 0 Å². The van der Waals surface area contributed by atoms with Crippen LogP contribution in [0.15, 0.2) is 24.4 Å². The predicted molar refractivity (Wildman–Crippen MR) is 79.2 cm³/mol. The van der Waals surface area contributed by atoms with Gasteiger partial charge in [-0.25, -0.2) is 0 Å². The minimum absolute atomic E-state index is 0.157. The molecule has 0 spiro atoms. The Bertz CT molecular complexity index is 562. The van der Waals surface area contributed by atoms with Crippen LogP contribution in [0, 0.1) is 13.8 Å². The molecule has 0 saturated heterocycles. The van der Waals surface area contributed by atoms with Gasteiger partial charge in [0.1, 0.15) is 0 Å². The Labute approximate surface area is 110 Å². The highest BCUT2D eigenvalue weighted by atomic mass is 15.2. The van der Waals surface area contributed by atoms with Crippen molar-refractivity contribution in [3.63, 3.8) is 0 Å². The van der Waals surface area contributed by atoms with Crippen molar-refractivity contribution in [2.75, 3.05) is 14.1 Å². The third-order valence-corrected chi connectivity index (χ3v) is 4.26. The highest BCUT2D eigenvalue weighted by molar-refractivity contribution is 5.84. The normalized spacial score (nSPS) is 12.6. The van der Waals surface area contributed by atoms with Gasteiger partial charge in [-0.2, -0.15) is 0 Å². The van der Waals surface area contributed by atoms with Gasteiger partial charge >= 0.3 is 0 Å². The van der Waals surface area contributed by atoms with Crippen molar-refractivity contribution < 1.29 is 0 Å². The van der Waals surface area contributed by atoms with E-state index in [0.717, 1.165) is 6.54 Å². The zero-order valence-electron chi connectivity index (χ0n) is 12.4. The Morgan fingerprint density at radius 2 is 1.78 bits per heavy atom. The molecule has 2 aromatic rings. The van der Waals surface area contributed by atoms with Gasteiger partial charge in [0.15, 0.2) is 0 Å². The number of hydrogen-bond donors (Lipinski definition) is 0. The minimum atomic E-state index is 0.157. The maximum atomic E-state index is 2.36. The molecule has 0 fully saturated rings. The van der Waals surface area contributed by atoms with Crippen LogP contribution in [0.5, 0.6) is 0 Å². The number of aryl methyl sites for hydroxylation is 2. The Balaban J connectivity index is 2.45. The highest BCUT2D eigenvalue weighted by Crippen LogP contribution is 2.24. The lowest BCUT2D eigenvalue weighted by Crippen LogP contribution is -2.41. The van der Waals surface area contributed by atoms with E-state index in [1.165, 1.54) is 22.0 Å². The summed E-state index contributed by atoms with van der Waals surface area (Å²) in [5, 5.41) is 1.38. The van der Waals surface area contributed by atoms with Crippen LogP contribution in [-0.4, -0.2) is 29.1 Å². The summed E-state index contributed by atoms with van der Waals surface area (Å²) in [5.74, 6) is 0. The summed E-state index contributed by atoms with van der Waals surface area (Å²) in [6.07, 6.45) is 2.21.